The van der Waals surface area contributed by atoms with Crippen molar-refractivity contribution in [2.45, 2.75) is 13.8 Å². The van der Waals surface area contributed by atoms with Crippen LogP contribution in [0.15, 0.2) is 10.3 Å². The maximum absolute atomic E-state index is 8.03. The molecule has 0 aliphatic rings. The van der Waals surface area contributed by atoms with E-state index in [1.165, 1.54) is 13.8 Å². The van der Waals surface area contributed by atoms with Crippen molar-refractivity contribution in [3.05, 3.63) is 0 Å². The fourth-order valence-corrected chi connectivity index (χ4v) is 0.145. The standard InChI is InChI=1S/C4H8N2O2.2ClH.Na.Ni.H/c1-3(5-7)4(2)6-8;;;;;/h7-8H,1-2H3;2*1H;;;/q;;;;+2;/p-2/b5-3+,6-4+;;;;;. The maximum atomic E-state index is 8.03. The summed E-state index contributed by atoms with van der Waals surface area (Å²) in [6.07, 6.45) is 0. The van der Waals surface area contributed by atoms with Crippen molar-refractivity contribution in [1.82, 2.24) is 0 Å². The molecule has 0 aromatic carbocycles. The second-order valence-corrected chi connectivity index (χ2v) is 3.05. The van der Waals surface area contributed by atoms with Crippen molar-refractivity contribution in [1.29, 1.82) is 0 Å². The molecule has 72 valence electrons. The predicted molar refractivity (Wildman–Crippen MR) is 48.6 cm³/mol. The van der Waals surface area contributed by atoms with E-state index in [0.717, 1.165) is 0 Å². The second kappa shape index (κ2) is 14.5. The molecule has 0 amide bonds. The van der Waals surface area contributed by atoms with E-state index in [0.29, 0.717) is 24.1 Å². The summed E-state index contributed by atoms with van der Waals surface area (Å²) in [6.45, 7) is 3.07. The molecule has 0 saturated heterocycles. The summed E-state index contributed by atoms with van der Waals surface area (Å²) in [4.78, 5) is 0. The number of oxime groups is 2. The van der Waals surface area contributed by atoms with E-state index in [9.17, 15) is 0 Å². The number of hydrogen-bond acceptors (Lipinski definition) is 4. The van der Waals surface area contributed by atoms with Crippen molar-refractivity contribution in [2.24, 2.45) is 10.3 Å². The van der Waals surface area contributed by atoms with E-state index < -0.39 is 0 Å². The zero-order valence-electron chi connectivity index (χ0n) is 5.86. The Bertz CT molecular complexity index is 140. The zero-order chi connectivity index (χ0) is 9.28. The Hall–Kier alpha value is 1.01. The molecule has 0 aromatic rings. The Morgan fingerprint density at radius 3 is 1.33 bits per heavy atom. The number of rotatable bonds is 1. The van der Waals surface area contributed by atoms with Crippen molar-refractivity contribution >= 4 is 61.4 Å². The van der Waals surface area contributed by atoms with Gasteiger partial charge in [-0.25, -0.2) is 0 Å². The van der Waals surface area contributed by atoms with Crippen molar-refractivity contribution < 1.29 is 23.1 Å². The van der Waals surface area contributed by atoms with Gasteiger partial charge in [-0.05, 0) is 13.8 Å². The molecule has 0 heterocycles. The van der Waals surface area contributed by atoms with Crippen LogP contribution in [0.4, 0.5) is 0 Å². The summed E-state index contributed by atoms with van der Waals surface area (Å²) < 4.78 is 0. The van der Waals surface area contributed by atoms with Gasteiger partial charge in [0.2, 0.25) is 0 Å². The summed E-state index contributed by atoms with van der Waals surface area (Å²) >= 11 is 0.569. The van der Waals surface area contributed by atoms with Gasteiger partial charge in [0.25, 0.3) is 0 Å². The van der Waals surface area contributed by atoms with Gasteiger partial charge < -0.3 is 10.4 Å². The summed E-state index contributed by atoms with van der Waals surface area (Å²) in [5.41, 5.74) is 0.625. The van der Waals surface area contributed by atoms with Crippen LogP contribution in [0.3, 0.4) is 0 Å². The predicted octanol–water partition coefficient (Wildman–Crippen LogP) is 1.41. The van der Waals surface area contributed by atoms with E-state index in [1.807, 2.05) is 0 Å². The number of halogens is 2. The Labute approximate surface area is 108 Å². The molecule has 0 radical (unpaired) electrons. The minimum absolute atomic E-state index is 0. The van der Waals surface area contributed by atoms with Crippen molar-refractivity contribution in [2.75, 3.05) is 0 Å². The molecular formula is C4H9Cl2N2NaNiO2. The fraction of sp³-hybridized carbons (Fsp3) is 0.500. The van der Waals surface area contributed by atoms with Gasteiger partial charge in [0.05, 0.1) is 0 Å². The van der Waals surface area contributed by atoms with Crippen LogP contribution >= 0.6 is 20.4 Å². The Morgan fingerprint density at radius 2 is 1.25 bits per heavy atom. The van der Waals surface area contributed by atoms with Gasteiger partial charge in [-0.3, -0.25) is 0 Å². The van der Waals surface area contributed by atoms with Gasteiger partial charge in [-0.2, -0.15) is 0 Å². The molecule has 4 nitrogen and oxygen atoms in total. The number of hydrogen-bond donors (Lipinski definition) is 2. The molecule has 12 heavy (non-hydrogen) atoms. The van der Waals surface area contributed by atoms with E-state index in [1.54, 1.807) is 0 Å². The molecular weight excluding hydrogens is 261 g/mol. The molecule has 0 saturated carbocycles. The molecule has 0 aliphatic heterocycles. The second-order valence-electron chi connectivity index (χ2n) is 1.42. The van der Waals surface area contributed by atoms with E-state index in [2.05, 4.69) is 10.3 Å². The van der Waals surface area contributed by atoms with E-state index in [-0.39, 0.29) is 29.6 Å². The third-order valence-corrected chi connectivity index (χ3v) is 0.824. The van der Waals surface area contributed by atoms with Crippen LogP contribution in [0.2, 0.25) is 0 Å². The van der Waals surface area contributed by atoms with Crippen LogP contribution in [-0.2, 0) is 12.7 Å². The van der Waals surface area contributed by atoms with Crippen LogP contribution in [0.1, 0.15) is 13.8 Å². The summed E-state index contributed by atoms with van der Waals surface area (Å²) in [5, 5.41) is 21.6. The molecule has 0 atom stereocenters. The fourth-order valence-electron chi connectivity index (χ4n) is 0.145. The minimum atomic E-state index is 0. The monoisotopic (exact) mass is 268 g/mol. The topological polar surface area (TPSA) is 65.2 Å². The van der Waals surface area contributed by atoms with E-state index in [4.69, 9.17) is 30.8 Å². The molecule has 0 aliphatic carbocycles. The van der Waals surface area contributed by atoms with Crippen LogP contribution in [0.5, 0.6) is 0 Å². The van der Waals surface area contributed by atoms with Gasteiger partial charge in [-0.1, -0.05) is 10.3 Å². The van der Waals surface area contributed by atoms with E-state index >= 15 is 0 Å². The van der Waals surface area contributed by atoms with Gasteiger partial charge >= 0.3 is 62.6 Å². The first-order chi connectivity index (χ1) is 5.13. The van der Waals surface area contributed by atoms with Crippen molar-refractivity contribution in [3.8, 4) is 0 Å². The Balaban J connectivity index is -0.000000177. The third-order valence-electron chi connectivity index (χ3n) is 0.824. The first kappa shape index (κ1) is 18.7. The number of nitrogens with zero attached hydrogens (tertiary/aromatic N) is 2. The van der Waals surface area contributed by atoms with Crippen LogP contribution in [0, 0.1) is 0 Å². The molecule has 0 rings (SSSR count). The summed E-state index contributed by atoms with van der Waals surface area (Å²) in [6, 6.07) is 0. The average Bonchev–Trinajstić information content (AvgIpc) is 2.03. The van der Waals surface area contributed by atoms with Gasteiger partial charge in [-0.15, -0.1) is 0 Å². The SMILES string of the molecule is CC(=N\O)/C(C)=N/O.[Cl][Ni][Cl].[NaH]. The molecule has 0 bridgehead atoms. The quantitative estimate of drug-likeness (QED) is 0.327. The molecule has 2 N–H and O–H groups in total. The third kappa shape index (κ3) is 13.6. The van der Waals surface area contributed by atoms with Gasteiger partial charge in [0, 0.05) is 0 Å². The van der Waals surface area contributed by atoms with Crippen LogP contribution < -0.4 is 0 Å². The molecule has 0 aromatic heterocycles. The van der Waals surface area contributed by atoms with Crippen LogP contribution in [0.25, 0.3) is 0 Å². The average molecular weight is 270 g/mol. The molecule has 8 heteroatoms. The van der Waals surface area contributed by atoms with Gasteiger partial charge in [0.15, 0.2) is 0 Å². The van der Waals surface area contributed by atoms with Gasteiger partial charge in [0.1, 0.15) is 11.4 Å². The summed E-state index contributed by atoms with van der Waals surface area (Å²) in [5.74, 6) is 0. The first-order valence-corrected chi connectivity index (χ1v) is 5.05. The molecule has 0 fully saturated rings. The molecule has 0 unspecified atom stereocenters. The normalized spacial score (nSPS) is 11.3. The summed E-state index contributed by atoms with van der Waals surface area (Å²) in [7, 11) is 9.40. The Kier molecular flexibility index (Phi) is 22.7. The first-order valence-electron chi connectivity index (χ1n) is 2.34. The zero-order valence-corrected chi connectivity index (χ0v) is 8.36. The Morgan fingerprint density at radius 1 is 1.08 bits per heavy atom. The van der Waals surface area contributed by atoms with Crippen LogP contribution in [-0.4, -0.2) is 51.4 Å². The molecule has 0 spiro atoms. The van der Waals surface area contributed by atoms with Crippen molar-refractivity contribution in [3.63, 3.8) is 0 Å².